The number of aromatic nitrogens is 3. The third-order valence-electron chi connectivity index (χ3n) is 5.74. The first kappa shape index (κ1) is 18.4. The van der Waals surface area contributed by atoms with Crippen molar-refractivity contribution in [1.82, 2.24) is 19.9 Å². The Bertz CT molecular complexity index is 1090. The zero-order chi connectivity index (χ0) is 19.8. The Morgan fingerprint density at radius 1 is 1.07 bits per heavy atom. The summed E-state index contributed by atoms with van der Waals surface area (Å²) >= 11 is 5.98. The Balaban J connectivity index is 1.24. The lowest BCUT2D eigenvalue weighted by Crippen LogP contribution is -2.33. The van der Waals surface area contributed by atoms with Crippen molar-refractivity contribution < 1.29 is 4.42 Å². The highest BCUT2D eigenvalue weighted by atomic mass is 35.5. The maximum Gasteiger partial charge on any atom is 0.226 e. The molecule has 0 unspecified atom stereocenters. The SMILES string of the molecule is Cc1oc(-c2ccc(Cl)cc2)nc1CN1CCC(c2nc3ccccc3[nH]2)CC1. The second kappa shape index (κ2) is 7.65. The Morgan fingerprint density at radius 2 is 1.83 bits per heavy atom. The van der Waals surface area contributed by atoms with Crippen LogP contribution in [0.25, 0.3) is 22.5 Å². The van der Waals surface area contributed by atoms with Gasteiger partial charge in [-0.3, -0.25) is 4.90 Å². The first-order valence-corrected chi connectivity index (χ1v) is 10.4. The molecule has 1 aliphatic heterocycles. The molecule has 29 heavy (non-hydrogen) atoms. The van der Waals surface area contributed by atoms with Gasteiger partial charge in [0, 0.05) is 23.0 Å². The topological polar surface area (TPSA) is 58.0 Å². The number of fused-ring (bicyclic) bond motifs is 1. The van der Waals surface area contributed by atoms with E-state index in [9.17, 15) is 0 Å². The van der Waals surface area contributed by atoms with Crippen molar-refractivity contribution in [3.63, 3.8) is 0 Å². The molecule has 0 spiro atoms. The number of hydrogen-bond donors (Lipinski definition) is 1. The van der Waals surface area contributed by atoms with E-state index in [0.29, 0.717) is 16.8 Å². The predicted molar refractivity (Wildman–Crippen MR) is 115 cm³/mol. The molecule has 2 aromatic carbocycles. The van der Waals surface area contributed by atoms with Crippen molar-refractivity contribution in [2.24, 2.45) is 0 Å². The Hall–Kier alpha value is -2.63. The van der Waals surface area contributed by atoms with Gasteiger partial charge in [-0.25, -0.2) is 9.97 Å². The highest BCUT2D eigenvalue weighted by Crippen LogP contribution is 2.29. The summed E-state index contributed by atoms with van der Waals surface area (Å²) < 4.78 is 5.91. The monoisotopic (exact) mass is 406 g/mol. The molecule has 0 radical (unpaired) electrons. The highest BCUT2D eigenvalue weighted by molar-refractivity contribution is 6.30. The van der Waals surface area contributed by atoms with Crippen molar-refractivity contribution in [2.75, 3.05) is 13.1 Å². The second-order valence-corrected chi connectivity index (χ2v) is 8.15. The maximum atomic E-state index is 5.98. The second-order valence-electron chi connectivity index (χ2n) is 7.72. The minimum atomic E-state index is 0.488. The number of halogens is 1. The van der Waals surface area contributed by atoms with Crippen molar-refractivity contribution in [3.05, 3.63) is 70.8 Å². The van der Waals surface area contributed by atoms with Crippen LogP contribution >= 0.6 is 11.6 Å². The lowest BCUT2D eigenvalue weighted by molar-refractivity contribution is 0.199. The van der Waals surface area contributed by atoms with Crippen molar-refractivity contribution >= 4 is 22.6 Å². The van der Waals surface area contributed by atoms with Gasteiger partial charge in [0.1, 0.15) is 11.6 Å². The number of rotatable bonds is 4. The number of hydrogen-bond acceptors (Lipinski definition) is 4. The number of para-hydroxylation sites is 2. The quantitative estimate of drug-likeness (QED) is 0.482. The van der Waals surface area contributed by atoms with Crippen LogP contribution in [-0.4, -0.2) is 32.9 Å². The lowest BCUT2D eigenvalue weighted by Gasteiger charge is -2.30. The van der Waals surface area contributed by atoms with Crippen LogP contribution in [0.4, 0.5) is 0 Å². The van der Waals surface area contributed by atoms with E-state index in [2.05, 4.69) is 22.0 Å². The molecule has 6 heteroatoms. The molecule has 3 heterocycles. The minimum absolute atomic E-state index is 0.488. The molecular weight excluding hydrogens is 384 g/mol. The zero-order valence-electron chi connectivity index (χ0n) is 16.4. The molecule has 5 nitrogen and oxygen atoms in total. The van der Waals surface area contributed by atoms with E-state index in [0.717, 1.165) is 66.4 Å². The number of aromatic amines is 1. The summed E-state index contributed by atoms with van der Waals surface area (Å²) in [4.78, 5) is 15.5. The van der Waals surface area contributed by atoms with Crippen LogP contribution in [0.3, 0.4) is 0 Å². The zero-order valence-corrected chi connectivity index (χ0v) is 17.1. The fourth-order valence-electron chi connectivity index (χ4n) is 4.03. The van der Waals surface area contributed by atoms with Crippen LogP contribution in [0.1, 0.15) is 36.0 Å². The van der Waals surface area contributed by atoms with Crippen LogP contribution in [-0.2, 0) is 6.54 Å². The average Bonchev–Trinajstić information content (AvgIpc) is 3.33. The molecule has 0 bridgehead atoms. The molecule has 1 fully saturated rings. The summed E-state index contributed by atoms with van der Waals surface area (Å²) in [7, 11) is 0. The van der Waals surface area contributed by atoms with E-state index in [1.165, 1.54) is 0 Å². The standard InChI is InChI=1S/C23H23ClN4O/c1-15-21(27-23(29-15)17-6-8-18(24)9-7-17)14-28-12-10-16(11-13-28)22-25-19-4-2-3-5-20(19)26-22/h2-9,16H,10-14H2,1H3,(H,25,26). The molecule has 0 amide bonds. The van der Waals surface area contributed by atoms with Crippen LogP contribution in [0.2, 0.25) is 5.02 Å². The third kappa shape index (κ3) is 3.80. The largest absolute Gasteiger partial charge is 0.441 e. The summed E-state index contributed by atoms with van der Waals surface area (Å²) in [6.07, 6.45) is 2.20. The van der Waals surface area contributed by atoms with Crippen LogP contribution in [0.5, 0.6) is 0 Å². The molecule has 5 rings (SSSR count). The van der Waals surface area contributed by atoms with Crippen LogP contribution in [0.15, 0.2) is 52.9 Å². The minimum Gasteiger partial charge on any atom is -0.441 e. The smallest absolute Gasteiger partial charge is 0.226 e. The van der Waals surface area contributed by atoms with Gasteiger partial charge in [0.15, 0.2) is 0 Å². The molecule has 4 aromatic rings. The van der Waals surface area contributed by atoms with Crippen LogP contribution in [0, 0.1) is 6.92 Å². The fourth-order valence-corrected chi connectivity index (χ4v) is 4.16. The molecule has 0 atom stereocenters. The van der Waals surface area contributed by atoms with Gasteiger partial charge in [0.2, 0.25) is 5.89 Å². The number of nitrogens with one attached hydrogen (secondary N) is 1. The number of H-pyrrole nitrogens is 1. The molecule has 2 aromatic heterocycles. The molecule has 1 aliphatic rings. The molecule has 148 valence electrons. The van der Waals surface area contributed by atoms with Gasteiger partial charge in [-0.2, -0.15) is 0 Å². The number of imidazole rings is 1. The Labute approximate surface area is 174 Å². The summed E-state index contributed by atoms with van der Waals surface area (Å²) in [5.74, 6) is 3.15. The Kier molecular flexibility index (Phi) is 4.86. The first-order valence-electron chi connectivity index (χ1n) is 10.0. The number of oxazole rings is 1. The number of piperidine rings is 1. The average molecular weight is 407 g/mol. The molecule has 0 saturated carbocycles. The molecule has 1 N–H and O–H groups in total. The predicted octanol–water partition coefficient (Wildman–Crippen LogP) is 5.56. The summed E-state index contributed by atoms with van der Waals surface area (Å²) in [5, 5.41) is 0.713. The highest BCUT2D eigenvalue weighted by Gasteiger charge is 2.24. The van der Waals surface area contributed by atoms with Gasteiger partial charge in [-0.15, -0.1) is 0 Å². The van der Waals surface area contributed by atoms with Gasteiger partial charge < -0.3 is 9.40 Å². The van der Waals surface area contributed by atoms with E-state index in [1.54, 1.807) is 0 Å². The Morgan fingerprint density at radius 3 is 2.59 bits per heavy atom. The van der Waals surface area contributed by atoms with Gasteiger partial charge in [0.05, 0.1) is 16.7 Å². The normalized spacial score (nSPS) is 15.9. The van der Waals surface area contributed by atoms with Gasteiger partial charge in [0.25, 0.3) is 0 Å². The van der Waals surface area contributed by atoms with E-state index >= 15 is 0 Å². The summed E-state index contributed by atoms with van der Waals surface area (Å²) in [5.41, 5.74) is 4.14. The first-order chi connectivity index (χ1) is 14.2. The van der Waals surface area contributed by atoms with E-state index in [4.69, 9.17) is 26.0 Å². The van der Waals surface area contributed by atoms with Gasteiger partial charge >= 0.3 is 0 Å². The summed E-state index contributed by atoms with van der Waals surface area (Å²) in [6.45, 7) is 4.87. The van der Waals surface area contributed by atoms with E-state index < -0.39 is 0 Å². The van der Waals surface area contributed by atoms with Crippen molar-refractivity contribution in [3.8, 4) is 11.5 Å². The van der Waals surface area contributed by atoms with Crippen LogP contribution < -0.4 is 0 Å². The molecular formula is C23H23ClN4O. The number of benzene rings is 2. The number of aryl methyl sites for hydroxylation is 1. The fraction of sp³-hybridized carbons (Fsp3) is 0.304. The maximum absolute atomic E-state index is 5.98. The van der Waals surface area contributed by atoms with Gasteiger partial charge in [-0.05, 0) is 69.3 Å². The van der Waals surface area contributed by atoms with Crippen molar-refractivity contribution in [2.45, 2.75) is 32.2 Å². The van der Waals surface area contributed by atoms with Crippen molar-refractivity contribution in [1.29, 1.82) is 0 Å². The summed E-state index contributed by atoms with van der Waals surface area (Å²) in [6, 6.07) is 15.8. The number of nitrogens with zero attached hydrogens (tertiary/aromatic N) is 3. The lowest BCUT2D eigenvalue weighted by atomic mass is 9.96. The molecule has 0 aliphatic carbocycles. The van der Waals surface area contributed by atoms with E-state index in [-0.39, 0.29) is 0 Å². The molecule has 1 saturated heterocycles. The van der Waals surface area contributed by atoms with E-state index in [1.807, 2.05) is 43.3 Å². The number of likely N-dealkylation sites (tertiary alicyclic amines) is 1. The third-order valence-corrected chi connectivity index (χ3v) is 5.99. The van der Waals surface area contributed by atoms with Gasteiger partial charge in [-0.1, -0.05) is 23.7 Å².